The molecule has 2 atom stereocenters. The van der Waals surface area contributed by atoms with Crippen LogP contribution in [0.2, 0.25) is 0 Å². The lowest BCUT2D eigenvalue weighted by Gasteiger charge is -2.20. The van der Waals surface area contributed by atoms with Crippen LogP contribution in [0, 0.1) is 5.41 Å². The third-order valence-corrected chi connectivity index (χ3v) is 2.82. The maximum atomic E-state index is 11.4. The second kappa shape index (κ2) is 3.96. The van der Waals surface area contributed by atoms with Crippen LogP contribution in [-0.4, -0.2) is 28.8 Å². The second-order valence-corrected chi connectivity index (χ2v) is 5.22. The number of rotatable bonds is 3. The minimum absolute atomic E-state index is 0.301. The summed E-state index contributed by atoms with van der Waals surface area (Å²) in [6.07, 6.45) is 0.454. The molecule has 0 unspecified atom stereocenters. The molecule has 1 rings (SSSR count). The highest BCUT2D eigenvalue weighted by atomic mass is 16.6. The van der Waals surface area contributed by atoms with Crippen molar-refractivity contribution in [3.63, 3.8) is 0 Å². The summed E-state index contributed by atoms with van der Waals surface area (Å²) in [7, 11) is 0. The first-order chi connectivity index (χ1) is 7.21. The SMILES string of the molecule is CC[C@]1(C(=O)O)C[C@@H]1NC(=O)OC(C)(C)C. The van der Waals surface area contributed by atoms with Gasteiger partial charge in [-0.3, -0.25) is 4.79 Å². The van der Waals surface area contributed by atoms with E-state index in [4.69, 9.17) is 9.84 Å². The molecular formula is C11H19NO4. The Morgan fingerprint density at radius 2 is 2.06 bits per heavy atom. The van der Waals surface area contributed by atoms with Gasteiger partial charge in [0.05, 0.1) is 5.41 Å². The van der Waals surface area contributed by atoms with Crippen molar-refractivity contribution in [3.8, 4) is 0 Å². The Labute approximate surface area is 95.2 Å². The molecule has 0 saturated heterocycles. The van der Waals surface area contributed by atoms with Gasteiger partial charge >= 0.3 is 12.1 Å². The number of ether oxygens (including phenoxy) is 1. The second-order valence-electron chi connectivity index (χ2n) is 5.22. The molecule has 0 aromatic carbocycles. The van der Waals surface area contributed by atoms with Gasteiger partial charge in [-0.2, -0.15) is 0 Å². The Hall–Kier alpha value is -1.26. The van der Waals surface area contributed by atoms with E-state index in [0.29, 0.717) is 12.8 Å². The van der Waals surface area contributed by atoms with Crippen LogP contribution in [0.3, 0.4) is 0 Å². The van der Waals surface area contributed by atoms with Gasteiger partial charge < -0.3 is 15.2 Å². The zero-order chi connectivity index (χ0) is 12.6. The maximum absolute atomic E-state index is 11.4. The van der Waals surface area contributed by atoms with Crippen molar-refractivity contribution in [2.45, 2.75) is 52.2 Å². The van der Waals surface area contributed by atoms with Crippen LogP contribution in [0.15, 0.2) is 0 Å². The van der Waals surface area contributed by atoms with Crippen LogP contribution in [0.25, 0.3) is 0 Å². The molecule has 0 spiro atoms. The summed E-state index contributed by atoms with van der Waals surface area (Å²) in [4.78, 5) is 22.4. The average Bonchev–Trinajstić information content (AvgIpc) is 2.75. The number of amides is 1. The number of alkyl carbamates (subject to hydrolysis) is 1. The van der Waals surface area contributed by atoms with Gasteiger partial charge in [-0.1, -0.05) is 6.92 Å². The quantitative estimate of drug-likeness (QED) is 0.773. The van der Waals surface area contributed by atoms with Crippen LogP contribution in [0.1, 0.15) is 40.5 Å². The normalized spacial score (nSPS) is 28.4. The molecule has 2 N–H and O–H groups in total. The first-order valence-electron chi connectivity index (χ1n) is 5.44. The number of hydrogen-bond donors (Lipinski definition) is 2. The molecule has 1 aliphatic rings. The first-order valence-corrected chi connectivity index (χ1v) is 5.44. The highest BCUT2D eigenvalue weighted by molar-refractivity contribution is 5.81. The van der Waals surface area contributed by atoms with Crippen molar-refractivity contribution >= 4 is 12.1 Å². The largest absolute Gasteiger partial charge is 0.481 e. The van der Waals surface area contributed by atoms with Crippen LogP contribution in [-0.2, 0) is 9.53 Å². The molecule has 0 aromatic rings. The van der Waals surface area contributed by atoms with Crippen molar-refractivity contribution in [2.75, 3.05) is 0 Å². The maximum Gasteiger partial charge on any atom is 0.407 e. The standard InChI is InChI=1S/C11H19NO4/c1-5-11(8(13)14)6-7(11)12-9(15)16-10(2,3)4/h7H,5-6H2,1-4H3,(H,12,15)(H,13,14)/t7-,11-/m0/s1. The van der Waals surface area contributed by atoms with E-state index in [1.54, 1.807) is 20.8 Å². The number of carboxylic acid groups (broad SMARTS) is 1. The molecule has 1 amide bonds. The van der Waals surface area contributed by atoms with Crippen LogP contribution in [0.4, 0.5) is 4.79 Å². The van der Waals surface area contributed by atoms with Gasteiger partial charge in [0.2, 0.25) is 0 Å². The molecule has 16 heavy (non-hydrogen) atoms. The molecule has 92 valence electrons. The van der Waals surface area contributed by atoms with E-state index in [2.05, 4.69) is 5.32 Å². The summed E-state index contributed by atoms with van der Waals surface area (Å²) in [5, 5.41) is 11.6. The molecule has 1 aliphatic carbocycles. The van der Waals surface area contributed by atoms with Crippen molar-refractivity contribution in [1.82, 2.24) is 5.32 Å². The number of nitrogens with one attached hydrogen (secondary N) is 1. The topological polar surface area (TPSA) is 75.6 Å². The Balaban J connectivity index is 2.47. The van der Waals surface area contributed by atoms with Crippen molar-refractivity contribution in [3.05, 3.63) is 0 Å². The van der Waals surface area contributed by atoms with Gasteiger partial charge in [0.15, 0.2) is 0 Å². The summed E-state index contributed by atoms with van der Waals surface area (Å²) in [5.74, 6) is -0.851. The minimum Gasteiger partial charge on any atom is -0.481 e. The third-order valence-electron chi connectivity index (χ3n) is 2.82. The van der Waals surface area contributed by atoms with Crippen LogP contribution in [0.5, 0.6) is 0 Å². The molecule has 5 nitrogen and oxygen atoms in total. The van der Waals surface area contributed by atoms with Gasteiger partial charge in [0, 0.05) is 6.04 Å². The fraction of sp³-hybridized carbons (Fsp3) is 0.818. The molecule has 0 heterocycles. The Morgan fingerprint density at radius 3 is 2.38 bits per heavy atom. The van der Waals surface area contributed by atoms with E-state index in [-0.39, 0.29) is 6.04 Å². The summed E-state index contributed by atoms with van der Waals surface area (Å²) in [6, 6.07) is -0.301. The zero-order valence-corrected chi connectivity index (χ0v) is 10.2. The summed E-state index contributed by atoms with van der Waals surface area (Å²) < 4.78 is 5.06. The molecule has 0 radical (unpaired) electrons. The molecule has 0 aromatic heterocycles. The number of carbonyl (C=O) groups is 2. The first kappa shape index (κ1) is 12.8. The highest BCUT2D eigenvalue weighted by Crippen LogP contribution is 2.49. The number of carbonyl (C=O) groups excluding carboxylic acids is 1. The van der Waals surface area contributed by atoms with Crippen LogP contribution < -0.4 is 5.32 Å². The fourth-order valence-electron chi connectivity index (χ4n) is 1.72. The molecule has 1 saturated carbocycles. The minimum atomic E-state index is -0.851. The lowest BCUT2D eigenvalue weighted by molar-refractivity contribution is -0.143. The van der Waals surface area contributed by atoms with Gasteiger partial charge in [-0.05, 0) is 33.6 Å². The molecular weight excluding hydrogens is 210 g/mol. The number of aliphatic carboxylic acids is 1. The van der Waals surface area contributed by atoms with Crippen LogP contribution >= 0.6 is 0 Å². The predicted octanol–water partition coefficient (Wildman–Crippen LogP) is 1.76. The van der Waals surface area contributed by atoms with Gasteiger partial charge in [-0.15, -0.1) is 0 Å². The summed E-state index contributed by atoms with van der Waals surface area (Å²) >= 11 is 0. The monoisotopic (exact) mass is 229 g/mol. The molecule has 0 aliphatic heterocycles. The van der Waals surface area contributed by atoms with E-state index in [1.807, 2.05) is 6.92 Å². The van der Waals surface area contributed by atoms with Gasteiger partial charge in [0.25, 0.3) is 0 Å². The van der Waals surface area contributed by atoms with E-state index in [1.165, 1.54) is 0 Å². The third kappa shape index (κ3) is 2.65. The fourth-order valence-corrected chi connectivity index (χ4v) is 1.72. The molecule has 0 bridgehead atoms. The Kier molecular flexibility index (Phi) is 3.17. The van der Waals surface area contributed by atoms with Crippen molar-refractivity contribution in [1.29, 1.82) is 0 Å². The molecule has 1 fully saturated rings. The van der Waals surface area contributed by atoms with E-state index >= 15 is 0 Å². The predicted molar refractivity (Wildman–Crippen MR) is 58.1 cm³/mol. The average molecular weight is 229 g/mol. The molecule has 5 heteroatoms. The highest BCUT2D eigenvalue weighted by Gasteiger charge is 2.60. The van der Waals surface area contributed by atoms with Gasteiger partial charge in [-0.25, -0.2) is 4.79 Å². The van der Waals surface area contributed by atoms with Crippen molar-refractivity contribution < 1.29 is 19.4 Å². The number of hydrogen-bond acceptors (Lipinski definition) is 3. The number of carboxylic acids is 1. The Morgan fingerprint density at radius 1 is 1.50 bits per heavy atom. The van der Waals surface area contributed by atoms with E-state index < -0.39 is 23.1 Å². The summed E-state index contributed by atoms with van der Waals surface area (Å²) in [6.45, 7) is 7.11. The lowest BCUT2D eigenvalue weighted by Crippen LogP contribution is -2.37. The van der Waals surface area contributed by atoms with E-state index in [0.717, 1.165) is 0 Å². The summed E-state index contributed by atoms with van der Waals surface area (Å²) in [5.41, 5.74) is -1.34. The smallest absolute Gasteiger partial charge is 0.407 e. The van der Waals surface area contributed by atoms with E-state index in [9.17, 15) is 9.59 Å². The lowest BCUT2D eigenvalue weighted by atomic mass is 10.0. The van der Waals surface area contributed by atoms with Crippen molar-refractivity contribution in [2.24, 2.45) is 5.41 Å². The Bertz CT molecular complexity index is 308. The zero-order valence-electron chi connectivity index (χ0n) is 10.2. The van der Waals surface area contributed by atoms with Gasteiger partial charge in [0.1, 0.15) is 5.60 Å².